The molecule has 4 nitrogen and oxygen atoms in total. The molecule has 0 saturated heterocycles. The number of rotatable bonds is 3. The average molecular weight is 309 g/mol. The summed E-state index contributed by atoms with van der Waals surface area (Å²) in [7, 11) is 0. The molecule has 6 heteroatoms. The minimum absolute atomic E-state index is 0.0268. The number of nitrogens with zero attached hydrogens (tertiary/aromatic N) is 1. The molecule has 2 N–H and O–H groups in total. The summed E-state index contributed by atoms with van der Waals surface area (Å²) in [6.07, 6.45) is 1.31. The Bertz CT molecular complexity index is 655. The van der Waals surface area contributed by atoms with Gasteiger partial charge in [0, 0.05) is 21.2 Å². The maximum Gasteiger partial charge on any atom is 0.271 e. The molecule has 0 bridgehead atoms. The van der Waals surface area contributed by atoms with E-state index in [4.69, 9.17) is 23.2 Å². The van der Waals surface area contributed by atoms with E-state index in [9.17, 15) is 9.90 Å². The first kappa shape index (κ1) is 14.4. The molecule has 1 amide bonds. The predicted molar refractivity (Wildman–Crippen MR) is 79.6 cm³/mol. The molecule has 2 aromatic rings. The van der Waals surface area contributed by atoms with Crippen molar-refractivity contribution in [2.45, 2.75) is 0 Å². The van der Waals surface area contributed by atoms with Gasteiger partial charge in [-0.05, 0) is 42.5 Å². The molecule has 102 valence electrons. The van der Waals surface area contributed by atoms with E-state index >= 15 is 0 Å². The summed E-state index contributed by atoms with van der Waals surface area (Å²) in [5, 5.41) is 14.4. The number of phenolic OH excluding ortho intramolecular Hbond substituents is 1. The van der Waals surface area contributed by atoms with Crippen LogP contribution in [0, 0.1) is 0 Å². The van der Waals surface area contributed by atoms with Gasteiger partial charge in [0.15, 0.2) is 0 Å². The van der Waals surface area contributed by atoms with E-state index < -0.39 is 0 Å². The van der Waals surface area contributed by atoms with E-state index in [0.29, 0.717) is 21.2 Å². The topological polar surface area (TPSA) is 61.7 Å². The largest absolute Gasteiger partial charge is 0.507 e. The molecule has 0 spiro atoms. The number of carbonyl (C=O) groups is 1. The van der Waals surface area contributed by atoms with E-state index in [2.05, 4.69) is 10.5 Å². The first-order chi connectivity index (χ1) is 9.56. The van der Waals surface area contributed by atoms with Crippen molar-refractivity contribution < 1.29 is 9.90 Å². The standard InChI is InChI=1S/C14H10Cl2N2O2/c15-11-3-1-9(2-4-11)14(20)18-17-8-10-7-12(16)5-6-13(10)19/h1-8,19H,(H,18,20)/b17-8-. The van der Waals surface area contributed by atoms with Gasteiger partial charge in [0.05, 0.1) is 6.21 Å². The third-order valence-corrected chi connectivity index (χ3v) is 2.95. The molecular weight excluding hydrogens is 299 g/mol. The van der Waals surface area contributed by atoms with Gasteiger partial charge >= 0.3 is 0 Å². The maximum absolute atomic E-state index is 11.7. The first-order valence-corrected chi connectivity index (χ1v) is 6.39. The van der Waals surface area contributed by atoms with Gasteiger partial charge in [0.25, 0.3) is 5.91 Å². The van der Waals surface area contributed by atoms with E-state index in [-0.39, 0.29) is 11.7 Å². The highest BCUT2D eigenvalue weighted by Gasteiger charge is 2.03. The van der Waals surface area contributed by atoms with Gasteiger partial charge < -0.3 is 5.11 Å². The van der Waals surface area contributed by atoms with E-state index in [1.165, 1.54) is 18.3 Å². The number of benzene rings is 2. The summed E-state index contributed by atoms with van der Waals surface area (Å²) in [6.45, 7) is 0. The fraction of sp³-hybridized carbons (Fsp3) is 0. The van der Waals surface area contributed by atoms with Crippen molar-refractivity contribution in [1.82, 2.24) is 5.43 Å². The quantitative estimate of drug-likeness (QED) is 0.674. The molecule has 0 aromatic heterocycles. The van der Waals surface area contributed by atoms with Crippen molar-refractivity contribution in [3.05, 3.63) is 63.6 Å². The Morgan fingerprint density at radius 1 is 1.10 bits per heavy atom. The third-order valence-electron chi connectivity index (χ3n) is 2.47. The summed E-state index contributed by atoms with van der Waals surface area (Å²) >= 11 is 11.5. The van der Waals surface area contributed by atoms with Crippen LogP contribution >= 0.6 is 23.2 Å². The van der Waals surface area contributed by atoms with Gasteiger partial charge in [-0.25, -0.2) is 5.43 Å². The van der Waals surface area contributed by atoms with Crippen molar-refractivity contribution in [1.29, 1.82) is 0 Å². The second-order valence-electron chi connectivity index (χ2n) is 3.91. The van der Waals surface area contributed by atoms with Gasteiger partial charge in [-0.3, -0.25) is 4.79 Å². The first-order valence-electron chi connectivity index (χ1n) is 5.64. The van der Waals surface area contributed by atoms with Crippen LogP contribution in [0.5, 0.6) is 5.75 Å². The Morgan fingerprint density at radius 3 is 2.45 bits per heavy atom. The fourth-order valence-corrected chi connectivity index (χ4v) is 1.76. The SMILES string of the molecule is O=C(N/N=C\c1cc(Cl)ccc1O)c1ccc(Cl)cc1. The smallest absolute Gasteiger partial charge is 0.271 e. The monoisotopic (exact) mass is 308 g/mol. The van der Waals surface area contributed by atoms with Crippen LogP contribution in [0.3, 0.4) is 0 Å². The number of nitrogens with one attached hydrogen (secondary N) is 1. The molecular formula is C14H10Cl2N2O2. The lowest BCUT2D eigenvalue weighted by molar-refractivity contribution is 0.0955. The summed E-state index contributed by atoms with van der Waals surface area (Å²) in [5.41, 5.74) is 3.19. The predicted octanol–water partition coefficient (Wildman–Crippen LogP) is 3.46. The van der Waals surface area contributed by atoms with Crippen molar-refractivity contribution in [3.8, 4) is 5.75 Å². The molecule has 0 fully saturated rings. The number of hydrazone groups is 1. The van der Waals surface area contributed by atoms with E-state index in [0.717, 1.165) is 0 Å². The molecule has 0 radical (unpaired) electrons. The average Bonchev–Trinajstić information content (AvgIpc) is 2.43. The summed E-state index contributed by atoms with van der Waals surface area (Å²) in [4.78, 5) is 11.7. The number of amides is 1. The molecule has 0 aliphatic carbocycles. The molecule has 2 rings (SSSR count). The van der Waals surface area contributed by atoms with Gasteiger partial charge in [-0.2, -0.15) is 5.10 Å². The highest BCUT2D eigenvalue weighted by atomic mass is 35.5. The lowest BCUT2D eigenvalue weighted by atomic mass is 10.2. The second kappa shape index (κ2) is 6.41. The normalized spacial score (nSPS) is 10.7. The molecule has 0 atom stereocenters. The number of phenols is 1. The van der Waals surface area contributed by atoms with Gasteiger partial charge in [0.1, 0.15) is 5.75 Å². The van der Waals surface area contributed by atoms with Gasteiger partial charge in [0.2, 0.25) is 0 Å². The third kappa shape index (κ3) is 3.73. The highest BCUT2D eigenvalue weighted by Crippen LogP contribution is 2.19. The Hall–Kier alpha value is -2.04. The van der Waals surface area contributed by atoms with Gasteiger partial charge in [-0.15, -0.1) is 0 Å². The number of hydrogen-bond donors (Lipinski definition) is 2. The van der Waals surface area contributed by atoms with Crippen LogP contribution in [0.25, 0.3) is 0 Å². The van der Waals surface area contributed by atoms with Gasteiger partial charge in [-0.1, -0.05) is 23.2 Å². The number of carbonyl (C=O) groups excluding carboxylic acids is 1. The van der Waals surface area contributed by atoms with Crippen molar-refractivity contribution in [3.63, 3.8) is 0 Å². The Labute approximate surface area is 125 Å². The minimum Gasteiger partial charge on any atom is -0.507 e. The number of halogens is 2. The summed E-state index contributed by atoms with van der Waals surface area (Å²) in [5.74, 6) is -0.349. The Morgan fingerprint density at radius 2 is 1.75 bits per heavy atom. The molecule has 0 aliphatic rings. The molecule has 0 aliphatic heterocycles. The fourth-order valence-electron chi connectivity index (χ4n) is 1.46. The zero-order chi connectivity index (χ0) is 14.5. The Kier molecular flexibility index (Phi) is 4.61. The molecule has 0 heterocycles. The zero-order valence-corrected chi connectivity index (χ0v) is 11.7. The second-order valence-corrected chi connectivity index (χ2v) is 4.78. The lowest BCUT2D eigenvalue weighted by Gasteiger charge is -2.01. The van der Waals surface area contributed by atoms with Crippen molar-refractivity contribution in [2.75, 3.05) is 0 Å². The summed E-state index contributed by atoms with van der Waals surface area (Å²) in [6, 6.07) is 10.9. The molecule has 0 unspecified atom stereocenters. The van der Waals surface area contributed by atoms with Crippen LogP contribution in [-0.2, 0) is 0 Å². The highest BCUT2D eigenvalue weighted by molar-refractivity contribution is 6.31. The van der Waals surface area contributed by atoms with Crippen LogP contribution in [0.1, 0.15) is 15.9 Å². The summed E-state index contributed by atoms with van der Waals surface area (Å²) < 4.78 is 0. The zero-order valence-electron chi connectivity index (χ0n) is 10.2. The van der Waals surface area contributed by atoms with Crippen molar-refractivity contribution >= 4 is 35.3 Å². The van der Waals surface area contributed by atoms with Crippen LogP contribution in [0.15, 0.2) is 47.6 Å². The van der Waals surface area contributed by atoms with Crippen molar-refractivity contribution in [2.24, 2.45) is 5.10 Å². The van der Waals surface area contributed by atoms with Crippen LogP contribution in [-0.4, -0.2) is 17.2 Å². The van der Waals surface area contributed by atoms with Crippen LogP contribution < -0.4 is 5.43 Å². The number of hydrogen-bond acceptors (Lipinski definition) is 3. The van der Waals surface area contributed by atoms with E-state index in [1.807, 2.05) is 0 Å². The van der Waals surface area contributed by atoms with Crippen LogP contribution in [0.2, 0.25) is 10.0 Å². The lowest BCUT2D eigenvalue weighted by Crippen LogP contribution is -2.17. The van der Waals surface area contributed by atoms with E-state index in [1.54, 1.807) is 30.3 Å². The molecule has 0 saturated carbocycles. The molecule has 20 heavy (non-hydrogen) atoms. The minimum atomic E-state index is -0.376. The van der Waals surface area contributed by atoms with Crippen LogP contribution in [0.4, 0.5) is 0 Å². The Balaban J connectivity index is 2.04. The maximum atomic E-state index is 11.7. The molecule has 2 aromatic carbocycles. The number of aromatic hydroxyl groups is 1.